The van der Waals surface area contributed by atoms with Gasteiger partial charge in [-0.3, -0.25) is 4.79 Å². The zero-order valence-corrected chi connectivity index (χ0v) is 15.8. The van der Waals surface area contributed by atoms with E-state index in [1.54, 1.807) is 4.90 Å². The van der Waals surface area contributed by atoms with E-state index >= 15 is 0 Å². The summed E-state index contributed by atoms with van der Waals surface area (Å²) in [5.74, 6) is 0.199. The summed E-state index contributed by atoms with van der Waals surface area (Å²) in [7, 11) is -0.870. The summed E-state index contributed by atoms with van der Waals surface area (Å²) in [6.45, 7) is 6.50. The van der Waals surface area contributed by atoms with Crippen molar-refractivity contribution in [3.63, 3.8) is 0 Å². The van der Waals surface area contributed by atoms with Crippen molar-refractivity contribution < 1.29 is 13.2 Å². The average Bonchev–Trinajstić information content (AvgIpc) is 2.96. The second-order valence-corrected chi connectivity index (χ2v) is 9.21. The summed E-state index contributed by atoms with van der Waals surface area (Å²) in [6, 6.07) is 7.53. The SMILES string of the molecule is CCN(C(=O)c1ccc(N2CCN(C)CC2)cc1)C1CCS(=O)(=O)C1. The first kappa shape index (κ1) is 18.2. The number of likely N-dealkylation sites (N-methyl/N-ethyl adjacent to an activating group) is 1. The smallest absolute Gasteiger partial charge is 0.254 e. The molecule has 7 heteroatoms. The first-order chi connectivity index (χ1) is 11.9. The number of amides is 1. The number of hydrogen-bond donors (Lipinski definition) is 0. The largest absolute Gasteiger partial charge is 0.369 e. The lowest BCUT2D eigenvalue weighted by molar-refractivity contribution is 0.0708. The molecule has 25 heavy (non-hydrogen) atoms. The maximum atomic E-state index is 12.8. The maximum absolute atomic E-state index is 12.8. The highest BCUT2D eigenvalue weighted by molar-refractivity contribution is 7.91. The van der Waals surface area contributed by atoms with E-state index in [0.717, 1.165) is 31.9 Å². The molecule has 1 amide bonds. The molecular weight excluding hydrogens is 338 g/mol. The molecule has 0 aromatic heterocycles. The summed E-state index contributed by atoms with van der Waals surface area (Å²) in [4.78, 5) is 19.2. The van der Waals surface area contributed by atoms with Crippen molar-refractivity contribution in [1.29, 1.82) is 0 Å². The molecule has 6 nitrogen and oxygen atoms in total. The summed E-state index contributed by atoms with van der Waals surface area (Å²) in [6.07, 6.45) is 0.543. The third-order valence-corrected chi connectivity index (χ3v) is 6.98. The highest BCUT2D eigenvalue weighted by Crippen LogP contribution is 2.22. The third kappa shape index (κ3) is 4.15. The molecule has 1 aromatic rings. The highest BCUT2D eigenvalue weighted by atomic mass is 32.2. The van der Waals surface area contributed by atoms with Gasteiger partial charge >= 0.3 is 0 Å². The van der Waals surface area contributed by atoms with Gasteiger partial charge in [-0.25, -0.2) is 8.42 Å². The van der Waals surface area contributed by atoms with E-state index in [1.807, 2.05) is 31.2 Å². The molecule has 2 aliphatic rings. The number of benzene rings is 1. The molecule has 0 radical (unpaired) electrons. The van der Waals surface area contributed by atoms with Crippen LogP contribution in [0.2, 0.25) is 0 Å². The Kier molecular flexibility index (Phi) is 5.34. The van der Waals surface area contributed by atoms with Crippen LogP contribution in [0, 0.1) is 0 Å². The van der Waals surface area contributed by atoms with Gasteiger partial charge in [0.1, 0.15) is 0 Å². The first-order valence-electron chi connectivity index (χ1n) is 8.94. The van der Waals surface area contributed by atoms with Gasteiger partial charge in [0.05, 0.1) is 11.5 Å². The molecule has 0 spiro atoms. The van der Waals surface area contributed by atoms with Crippen LogP contribution in [0.4, 0.5) is 5.69 Å². The summed E-state index contributed by atoms with van der Waals surface area (Å²) in [5, 5.41) is 0. The van der Waals surface area contributed by atoms with Gasteiger partial charge in [0, 0.05) is 50.0 Å². The predicted octanol–water partition coefficient (Wildman–Crippen LogP) is 1.09. The molecule has 1 unspecified atom stereocenters. The van der Waals surface area contributed by atoms with Gasteiger partial charge in [0.15, 0.2) is 9.84 Å². The highest BCUT2D eigenvalue weighted by Gasteiger charge is 2.34. The Hall–Kier alpha value is -1.60. The van der Waals surface area contributed by atoms with Crippen LogP contribution in [0.25, 0.3) is 0 Å². The Morgan fingerprint density at radius 3 is 2.32 bits per heavy atom. The molecule has 3 rings (SSSR count). The third-order valence-electron chi connectivity index (χ3n) is 5.23. The number of rotatable bonds is 4. The summed E-state index contributed by atoms with van der Waals surface area (Å²) < 4.78 is 23.4. The molecule has 2 saturated heterocycles. The summed E-state index contributed by atoms with van der Waals surface area (Å²) >= 11 is 0. The van der Waals surface area contributed by atoms with E-state index in [0.29, 0.717) is 18.5 Å². The molecule has 0 saturated carbocycles. The minimum atomic E-state index is -3.00. The van der Waals surface area contributed by atoms with Gasteiger partial charge in [-0.05, 0) is 44.7 Å². The molecule has 1 atom stereocenters. The van der Waals surface area contributed by atoms with Gasteiger partial charge in [-0.1, -0.05) is 0 Å². The van der Waals surface area contributed by atoms with Crippen molar-refractivity contribution in [2.24, 2.45) is 0 Å². The van der Waals surface area contributed by atoms with E-state index in [9.17, 15) is 13.2 Å². The van der Waals surface area contributed by atoms with Gasteiger partial charge in [-0.15, -0.1) is 0 Å². The fourth-order valence-electron chi connectivity index (χ4n) is 3.63. The predicted molar refractivity (Wildman–Crippen MR) is 99.9 cm³/mol. The zero-order valence-electron chi connectivity index (χ0n) is 15.0. The molecular formula is C18H27N3O3S. The van der Waals surface area contributed by atoms with Gasteiger partial charge < -0.3 is 14.7 Å². The van der Waals surface area contributed by atoms with Crippen molar-refractivity contribution >= 4 is 21.4 Å². The van der Waals surface area contributed by atoms with Crippen LogP contribution in [0.3, 0.4) is 0 Å². The molecule has 0 bridgehead atoms. The molecule has 1 aromatic carbocycles. The van der Waals surface area contributed by atoms with E-state index in [2.05, 4.69) is 16.8 Å². The second kappa shape index (κ2) is 7.33. The number of anilines is 1. The maximum Gasteiger partial charge on any atom is 0.254 e. The van der Waals surface area contributed by atoms with Crippen LogP contribution in [0.5, 0.6) is 0 Å². The monoisotopic (exact) mass is 365 g/mol. The van der Waals surface area contributed by atoms with Crippen LogP contribution >= 0.6 is 0 Å². The molecule has 138 valence electrons. The van der Waals surface area contributed by atoms with Crippen molar-refractivity contribution in [1.82, 2.24) is 9.80 Å². The van der Waals surface area contributed by atoms with Gasteiger partial charge in [0.2, 0.25) is 0 Å². The number of piperazine rings is 1. The van der Waals surface area contributed by atoms with Crippen molar-refractivity contribution in [3.05, 3.63) is 29.8 Å². The molecule has 2 heterocycles. The Labute approximate surface area is 150 Å². The Bertz CT molecular complexity index is 710. The van der Waals surface area contributed by atoms with Crippen LogP contribution < -0.4 is 4.90 Å². The zero-order chi connectivity index (χ0) is 18.0. The summed E-state index contributed by atoms with van der Waals surface area (Å²) in [5.41, 5.74) is 1.76. The lowest BCUT2D eigenvalue weighted by Gasteiger charge is -2.34. The minimum Gasteiger partial charge on any atom is -0.369 e. The van der Waals surface area contributed by atoms with Crippen molar-refractivity contribution in [3.8, 4) is 0 Å². The number of hydrogen-bond acceptors (Lipinski definition) is 5. The van der Waals surface area contributed by atoms with Gasteiger partial charge in [0.25, 0.3) is 5.91 Å². The minimum absolute atomic E-state index is 0.0745. The van der Waals surface area contributed by atoms with Crippen LogP contribution in [0.15, 0.2) is 24.3 Å². The molecule has 2 aliphatic heterocycles. The lowest BCUT2D eigenvalue weighted by Crippen LogP contribution is -2.44. The second-order valence-electron chi connectivity index (χ2n) is 6.99. The Balaban J connectivity index is 1.69. The topological polar surface area (TPSA) is 60.9 Å². The Morgan fingerprint density at radius 1 is 1.16 bits per heavy atom. The number of nitrogens with zero attached hydrogens (tertiary/aromatic N) is 3. The number of carbonyl (C=O) groups is 1. The fourth-order valence-corrected chi connectivity index (χ4v) is 5.36. The quantitative estimate of drug-likeness (QED) is 0.799. The van der Waals surface area contributed by atoms with E-state index in [4.69, 9.17) is 0 Å². The average molecular weight is 365 g/mol. The van der Waals surface area contributed by atoms with Crippen LogP contribution in [-0.4, -0.2) is 81.4 Å². The van der Waals surface area contributed by atoms with E-state index in [-0.39, 0.29) is 23.5 Å². The van der Waals surface area contributed by atoms with Crippen molar-refractivity contribution in [2.45, 2.75) is 19.4 Å². The van der Waals surface area contributed by atoms with Gasteiger partial charge in [-0.2, -0.15) is 0 Å². The van der Waals surface area contributed by atoms with E-state index in [1.165, 1.54) is 0 Å². The molecule has 0 aliphatic carbocycles. The fraction of sp³-hybridized carbons (Fsp3) is 0.611. The standard InChI is InChI=1S/C18H27N3O3S/c1-3-21(17-8-13-25(23,24)14-17)18(22)15-4-6-16(7-5-15)20-11-9-19(2)10-12-20/h4-7,17H,3,8-14H2,1-2H3. The Morgan fingerprint density at radius 2 is 1.80 bits per heavy atom. The normalized spacial score (nSPS) is 23.6. The van der Waals surface area contributed by atoms with Crippen LogP contribution in [-0.2, 0) is 9.84 Å². The number of sulfone groups is 1. The molecule has 2 fully saturated rings. The van der Waals surface area contributed by atoms with Crippen LogP contribution in [0.1, 0.15) is 23.7 Å². The lowest BCUT2D eigenvalue weighted by atomic mass is 10.1. The first-order valence-corrected chi connectivity index (χ1v) is 10.8. The number of carbonyl (C=O) groups excluding carboxylic acids is 1. The van der Waals surface area contributed by atoms with Crippen molar-refractivity contribution in [2.75, 3.05) is 56.2 Å². The molecule has 0 N–H and O–H groups in total. The van der Waals surface area contributed by atoms with E-state index < -0.39 is 9.84 Å².